The Bertz CT molecular complexity index is 783. The van der Waals surface area contributed by atoms with E-state index in [2.05, 4.69) is 10.2 Å². The van der Waals surface area contributed by atoms with E-state index in [-0.39, 0.29) is 29.6 Å². The lowest BCUT2D eigenvalue weighted by Gasteiger charge is -2.50. The Morgan fingerprint density at radius 3 is 2.07 bits per heavy atom. The minimum absolute atomic E-state index is 0.0608. The van der Waals surface area contributed by atoms with E-state index >= 15 is 0 Å². The van der Waals surface area contributed by atoms with Crippen LogP contribution in [0.15, 0.2) is 48.5 Å². The van der Waals surface area contributed by atoms with Crippen molar-refractivity contribution >= 4 is 6.09 Å². The van der Waals surface area contributed by atoms with Crippen LogP contribution in [0.25, 0.3) is 0 Å². The molecule has 2 aliphatic rings. The number of carbonyl (C=O) groups is 1. The number of hydrogen-bond donors (Lipinski definition) is 2. The lowest BCUT2D eigenvalue weighted by Crippen LogP contribution is -2.66. The van der Waals surface area contributed by atoms with E-state index in [0.29, 0.717) is 19.6 Å². The first-order chi connectivity index (χ1) is 13.5. The van der Waals surface area contributed by atoms with Crippen molar-refractivity contribution in [2.24, 2.45) is 0 Å². The Kier molecular flexibility index (Phi) is 5.28. The van der Waals surface area contributed by atoms with Gasteiger partial charge in [0.2, 0.25) is 0 Å². The van der Waals surface area contributed by atoms with Gasteiger partial charge in [0.25, 0.3) is 0 Å². The molecule has 4 rings (SSSR count). The molecule has 2 saturated heterocycles. The van der Waals surface area contributed by atoms with Crippen LogP contribution in [-0.2, 0) is 0 Å². The average Bonchev–Trinajstić information content (AvgIpc) is 2.70. The van der Waals surface area contributed by atoms with E-state index in [1.54, 1.807) is 24.3 Å². The number of fused-ring (bicyclic) bond motifs is 1. The second kappa shape index (κ2) is 7.85. The SMILES string of the molecule is O=C(O)N1CCN2C(C(c3ccc(F)cc3)c3ccc(F)cc3)CNC[C@@H]2C1. The molecule has 0 aromatic heterocycles. The number of amides is 1. The highest BCUT2D eigenvalue weighted by Crippen LogP contribution is 2.34. The molecule has 2 aromatic carbocycles. The Hall–Kier alpha value is -2.51. The summed E-state index contributed by atoms with van der Waals surface area (Å²) >= 11 is 0. The highest BCUT2D eigenvalue weighted by Gasteiger charge is 2.40. The molecule has 2 aliphatic heterocycles. The number of carboxylic acid groups (broad SMARTS) is 1. The molecule has 1 unspecified atom stereocenters. The second-order valence-corrected chi connectivity index (χ2v) is 7.43. The Labute approximate surface area is 162 Å². The Balaban J connectivity index is 1.68. The molecule has 0 saturated carbocycles. The summed E-state index contributed by atoms with van der Waals surface area (Å²) in [5.74, 6) is -0.666. The van der Waals surface area contributed by atoms with Crippen molar-refractivity contribution in [3.63, 3.8) is 0 Å². The minimum atomic E-state index is -0.893. The molecule has 28 heavy (non-hydrogen) atoms. The van der Waals surface area contributed by atoms with Gasteiger partial charge < -0.3 is 15.3 Å². The number of nitrogens with zero attached hydrogens (tertiary/aromatic N) is 2. The highest BCUT2D eigenvalue weighted by molar-refractivity contribution is 5.65. The first kappa shape index (κ1) is 18.8. The Morgan fingerprint density at radius 1 is 0.964 bits per heavy atom. The third kappa shape index (κ3) is 3.72. The van der Waals surface area contributed by atoms with Crippen molar-refractivity contribution in [2.45, 2.75) is 18.0 Å². The molecule has 0 radical (unpaired) electrons. The van der Waals surface area contributed by atoms with Crippen LogP contribution in [0.4, 0.5) is 13.6 Å². The van der Waals surface area contributed by atoms with Gasteiger partial charge >= 0.3 is 6.09 Å². The molecule has 5 nitrogen and oxygen atoms in total. The zero-order valence-electron chi connectivity index (χ0n) is 15.4. The standard InChI is InChI=1S/C21H23F2N3O2/c22-16-5-1-14(2-6-16)20(15-3-7-17(23)8-4-15)19-12-24-11-18-13-25(21(27)28)9-10-26(18)19/h1-8,18-20,24H,9-13H2,(H,27,28)/t18-,19?/m1/s1. The van der Waals surface area contributed by atoms with Crippen LogP contribution in [0.2, 0.25) is 0 Å². The fourth-order valence-corrected chi connectivity index (χ4v) is 4.46. The lowest BCUT2D eigenvalue weighted by atomic mass is 9.82. The molecule has 2 aromatic rings. The van der Waals surface area contributed by atoms with Crippen molar-refractivity contribution in [3.8, 4) is 0 Å². The van der Waals surface area contributed by atoms with Gasteiger partial charge in [-0.1, -0.05) is 24.3 Å². The topological polar surface area (TPSA) is 55.8 Å². The number of benzene rings is 2. The van der Waals surface area contributed by atoms with E-state index in [4.69, 9.17) is 0 Å². The highest BCUT2D eigenvalue weighted by atomic mass is 19.1. The summed E-state index contributed by atoms with van der Waals surface area (Å²) in [6.45, 7) is 3.01. The Morgan fingerprint density at radius 2 is 1.54 bits per heavy atom. The predicted octanol–water partition coefficient (Wildman–Crippen LogP) is 2.73. The van der Waals surface area contributed by atoms with Gasteiger partial charge in [-0.25, -0.2) is 13.6 Å². The smallest absolute Gasteiger partial charge is 0.407 e. The van der Waals surface area contributed by atoms with Gasteiger partial charge in [-0.15, -0.1) is 0 Å². The molecular formula is C21H23F2N3O2. The normalized spacial score (nSPS) is 22.9. The zero-order chi connectivity index (χ0) is 19.7. The minimum Gasteiger partial charge on any atom is -0.465 e. The molecule has 2 fully saturated rings. The zero-order valence-corrected chi connectivity index (χ0v) is 15.4. The molecule has 2 N–H and O–H groups in total. The van der Waals surface area contributed by atoms with Crippen molar-refractivity contribution in [3.05, 3.63) is 71.3 Å². The van der Waals surface area contributed by atoms with Crippen LogP contribution in [0.3, 0.4) is 0 Å². The van der Waals surface area contributed by atoms with Gasteiger partial charge in [-0.05, 0) is 35.4 Å². The van der Waals surface area contributed by atoms with Crippen molar-refractivity contribution < 1.29 is 18.7 Å². The van der Waals surface area contributed by atoms with Crippen LogP contribution < -0.4 is 5.32 Å². The van der Waals surface area contributed by atoms with Crippen molar-refractivity contribution in [1.29, 1.82) is 0 Å². The van der Waals surface area contributed by atoms with Crippen LogP contribution in [0, 0.1) is 11.6 Å². The first-order valence-corrected chi connectivity index (χ1v) is 9.48. The van der Waals surface area contributed by atoms with Crippen LogP contribution in [0.5, 0.6) is 0 Å². The maximum Gasteiger partial charge on any atom is 0.407 e. The van der Waals surface area contributed by atoms with Crippen LogP contribution in [-0.4, -0.2) is 65.8 Å². The summed E-state index contributed by atoms with van der Waals surface area (Å²) in [7, 11) is 0. The molecule has 0 spiro atoms. The lowest BCUT2D eigenvalue weighted by molar-refractivity contribution is 0.0179. The maximum atomic E-state index is 13.5. The average molecular weight is 387 g/mol. The molecule has 2 atom stereocenters. The fourth-order valence-electron chi connectivity index (χ4n) is 4.46. The number of hydrogen-bond acceptors (Lipinski definition) is 3. The quantitative estimate of drug-likeness (QED) is 0.851. The summed E-state index contributed by atoms with van der Waals surface area (Å²) in [6.07, 6.45) is -0.893. The van der Waals surface area contributed by atoms with E-state index in [1.807, 2.05) is 0 Å². The number of rotatable bonds is 3. The molecule has 0 bridgehead atoms. The number of nitrogens with one attached hydrogen (secondary N) is 1. The van der Waals surface area contributed by atoms with Crippen molar-refractivity contribution in [1.82, 2.24) is 15.1 Å². The van der Waals surface area contributed by atoms with Gasteiger partial charge in [0.15, 0.2) is 0 Å². The molecule has 148 valence electrons. The van der Waals surface area contributed by atoms with Crippen LogP contribution in [0.1, 0.15) is 17.0 Å². The van der Waals surface area contributed by atoms with Gasteiger partial charge in [-0.3, -0.25) is 4.90 Å². The van der Waals surface area contributed by atoms with Gasteiger partial charge in [0.05, 0.1) is 0 Å². The largest absolute Gasteiger partial charge is 0.465 e. The van der Waals surface area contributed by atoms with Crippen LogP contribution >= 0.6 is 0 Å². The number of halogens is 2. The third-order valence-corrected chi connectivity index (χ3v) is 5.80. The molecule has 1 amide bonds. The predicted molar refractivity (Wildman–Crippen MR) is 101 cm³/mol. The van der Waals surface area contributed by atoms with Crippen molar-refractivity contribution in [2.75, 3.05) is 32.7 Å². The van der Waals surface area contributed by atoms with E-state index in [9.17, 15) is 18.7 Å². The van der Waals surface area contributed by atoms with E-state index < -0.39 is 6.09 Å². The van der Waals surface area contributed by atoms with E-state index in [1.165, 1.54) is 29.2 Å². The van der Waals surface area contributed by atoms with E-state index in [0.717, 1.165) is 24.2 Å². The summed E-state index contributed by atoms with van der Waals surface area (Å²) in [6, 6.07) is 13.0. The summed E-state index contributed by atoms with van der Waals surface area (Å²) < 4.78 is 27.0. The number of piperazine rings is 2. The third-order valence-electron chi connectivity index (χ3n) is 5.80. The summed E-state index contributed by atoms with van der Waals surface area (Å²) in [5.41, 5.74) is 1.92. The molecule has 2 heterocycles. The second-order valence-electron chi connectivity index (χ2n) is 7.43. The first-order valence-electron chi connectivity index (χ1n) is 9.48. The van der Waals surface area contributed by atoms with Gasteiger partial charge in [0, 0.05) is 50.7 Å². The fraction of sp³-hybridized carbons (Fsp3) is 0.381. The summed E-state index contributed by atoms with van der Waals surface area (Å²) in [5, 5.41) is 12.8. The molecular weight excluding hydrogens is 364 g/mol. The molecule has 0 aliphatic carbocycles. The summed E-state index contributed by atoms with van der Waals surface area (Å²) in [4.78, 5) is 15.2. The molecule has 7 heteroatoms. The monoisotopic (exact) mass is 387 g/mol. The van der Waals surface area contributed by atoms with Gasteiger partial charge in [-0.2, -0.15) is 0 Å². The maximum absolute atomic E-state index is 13.5. The van der Waals surface area contributed by atoms with Gasteiger partial charge in [0.1, 0.15) is 11.6 Å².